The fourth-order valence-electron chi connectivity index (χ4n) is 2.72. The van der Waals surface area contributed by atoms with Gasteiger partial charge in [0.2, 0.25) is 0 Å². The molecule has 1 unspecified atom stereocenters. The molecule has 0 saturated heterocycles. The van der Waals surface area contributed by atoms with Gasteiger partial charge in [0.05, 0.1) is 12.1 Å². The van der Waals surface area contributed by atoms with Crippen molar-refractivity contribution in [3.8, 4) is 0 Å². The first-order chi connectivity index (χ1) is 9.57. The van der Waals surface area contributed by atoms with Crippen LogP contribution in [-0.2, 0) is 14.3 Å². The number of carbonyl (C=O) groups is 2. The normalized spacial score (nSPS) is 13.6. The van der Waals surface area contributed by atoms with Gasteiger partial charge < -0.3 is 4.74 Å². The summed E-state index contributed by atoms with van der Waals surface area (Å²) in [5, 5.41) is 0. The van der Waals surface area contributed by atoms with Gasteiger partial charge in [0.15, 0.2) is 5.78 Å². The minimum absolute atomic E-state index is 0.0314. The third kappa shape index (κ3) is 7.07. The predicted molar refractivity (Wildman–Crippen MR) is 86.2 cm³/mol. The first-order valence-corrected chi connectivity index (χ1v) is 8.08. The molecule has 4 nitrogen and oxygen atoms in total. The third-order valence-corrected chi connectivity index (χ3v) is 3.44. The molecule has 21 heavy (non-hydrogen) atoms. The van der Waals surface area contributed by atoms with E-state index in [1.54, 1.807) is 0 Å². The Morgan fingerprint density at radius 2 is 1.38 bits per heavy atom. The van der Waals surface area contributed by atoms with Crippen LogP contribution in [0.3, 0.4) is 0 Å². The highest BCUT2D eigenvalue weighted by Gasteiger charge is 2.31. The van der Waals surface area contributed by atoms with Crippen LogP contribution >= 0.6 is 0 Å². The van der Waals surface area contributed by atoms with Crippen LogP contribution in [0.25, 0.3) is 0 Å². The van der Waals surface area contributed by atoms with E-state index < -0.39 is 0 Å². The number of rotatable bonds is 9. The second-order valence-electron chi connectivity index (χ2n) is 6.78. The number of hydrogen-bond donors (Lipinski definition) is 0. The number of ketones is 1. The molecule has 0 amide bonds. The SMILES string of the molecule is CC(C)OC(=O)CCC(C(=O)C(C)C)N(C(C)C)C(C)C. The minimum atomic E-state index is -0.223. The lowest BCUT2D eigenvalue weighted by Crippen LogP contribution is -2.50. The monoisotopic (exact) mass is 299 g/mol. The van der Waals surface area contributed by atoms with Crippen LogP contribution in [-0.4, -0.2) is 40.9 Å². The molecule has 0 saturated carbocycles. The average Bonchev–Trinajstić information content (AvgIpc) is 2.31. The van der Waals surface area contributed by atoms with Crippen LogP contribution in [0.5, 0.6) is 0 Å². The van der Waals surface area contributed by atoms with E-state index in [0.29, 0.717) is 6.42 Å². The summed E-state index contributed by atoms with van der Waals surface area (Å²) in [5.41, 5.74) is 0. The van der Waals surface area contributed by atoms with Crippen LogP contribution < -0.4 is 0 Å². The lowest BCUT2D eigenvalue weighted by atomic mass is 9.94. The van der Waals surface area contributed by atoms with Crippen molar-refractivity contribution in [1.29, 1.82) is 0 Å². The second-order valence-corrected chi connectivity index (χ2v) is 6.78. The van der Waals surface area contributed by atoms with Gasteiger partial charge in [-0.15, -0.1) is 0 Å². The summed E-state index contributed by atoms with van der Waals surface area (Å²) in [5.74, 6) is -0.0510. The first-order valence-electron chi connectivity index (χ1n) is 8.08. The van der Waals surface area contributed by atoms with Gasteiger partial charge in [0.1, 0.15) is 0 Å². The Kier molecular flexibility index (Phi) is 8.79. The van der Waals surface area contributed by atoms with Gasteiger partial charge in [0, 0.05) is 24.4 Å². The molecule has 0 rings (SSSR count). The maximum Gasteiger partial charge on any atom is 0.306 e. The van der Waals surface area contributed by atoms with Crippen LogP contribution in [0.4, 0.5) is 0 Å². The van der Waals surface area contributed by atoms with Crippen molar-refractivity contribution < 1.29 is 14.3 Å². The number of hydrogen-bond acceptors (Lipinski definition) is 4. The van der Waals surface area contributed by atoms with Gasteiger partial charge in [-0.05, 0) is 48.0 Å². The summed E-state index contributed by atoms with van der Waals surface area (Å²) < 4.78 is 5.17. The van der Waals surface area contributed by atoms with Gasteiger partial charge >= 0.3 is 5.97 Å². The van der Waals surface area contributed by atoms with E-state index >= 15 is 0 Å². The molecule has 0 spiro atoms. The Labute approximate surface area is 130 Å². The molecular formula is C17H33NO3. The summed E-state index contributed by atoms with van der Waals surface area (Å²) >= 11 is 0. The van der Waals surface area contributed by atoms with Crippen molar-refractivity contribution in [2.45, 2.75) is 92.5 Å². The van der Waals surface area contributed by atoms with Crippen molar-refractivity contribution in [3.05, 3.63) is 0 Å². The van der Waals surface area contributed by atoms with E-state index in [0.717, 1.165) is 0 Å². The maximum absolute atomic E-state index is 12.5. The molecule has 0 aromatic carbocycles. The third-order valence-electron chi connectivity index (χ3n) is 3.44. The highest BCUT2D eigenvalue weighted by Crippen LogP contribution is 2.19. The Hall–Kier alpha value is -0.900. The van der Waals surface area contributed by atoms with E-state index in [2.05, 4.69) is 32.6 Å². The lowest BCUT2D eigenvalue weighted by molar-refractivity contribution is -0.148. The second kappa shape index (κ2) is 9.19. The van der Waals surface area contributed by atoms with Gasteiger partial charge in [-0.25, -0.2) is 0 Å². The summed E-state index contributed by atoms with van der Waals surface area (Å²) in [6, 6.07) is 0.308. The van der Waals surface area contributed by atoms with E-state index in [4.69, 9.17) is 4.74 Å². The van der Waals surface area contributed by atoms with E-state index in [1.165, 1.54) is 0 Å². The van der Waals surface area contributed by atoms with Gasteiger partial charge in [-0.1, -0.05) is 13.8 Å². The number of ether oxygens (including phenoxy) is 1. The zero-order chi connectivity index (χ0) is 16.7. The van der Waals surface area contributed by atoms with Crippen LogP contribution in [0.1, 0.15) is 68.2 Å². The smallest absolute Gasteiger partial charge is 0.306 e. The Morgan fingerprint density at radius 1 is 0.905 bits per heavy atom. The van der Waals surface area contributed by atoms with Gasteiger partial charge in [0.25, 0.3) is 0 Å². The highest BCUT2D eigenvalue weighted by atomic mass is 16.5. The number of esters is 1. The van der Waals surface area contributed by atoms with E-state index in [1.807, 2.05) is 27.7 Å². The summed E-state index contributed by atoms with van der Waals surface area (Å²) in [4.78, 5) is 26.5. The van der Waals surface area contributed by atoms with Crippen LogP contribution in [0.2, 0.25) is 0 Å². The number of Topliss-reactive ketones (excluding diaryl/α,β-unsaturated/α-hetero) is 1. The van der Waals surface area contributed by atoms with Crippen molar-refractivity contribution in [2.75, 3.05) is 0 Å². The van der Waals surface area contributed by atoms with Crippen LogP contribution in [0, 0.1) is 5.92 Å². The fourth-order valence-corrected chi connectivity index (χ4v) is 2.72. The molecule has 4 heteroatoms. The zero-order valence-electron chi connectivity index (χ0n) is 15.0. The number of nitrogens with zero attached hydrogens (tertiary/aromatic N) is 1. The average molecular weight is 299 g/mol. The Bertz CT molecular complexity index is 327. The van der Waals surface area contributed by atoms with Crippen molar-refractivity contribution in [3.63, 3.8) is 0 Å². The molecular weight excluding hydrogens is 266 g/mol. The zero-order valence-corrected chi connectivity index (χ0v) is 15.0. The van der Waals surface area contributed by atoms with Crippen molar-refractivity contribution >= 4 is 11.8 Å². The summed E-state index contributed by atoms with van der Waals surface area (Å²) in [6.45, 7) is 15.9. The molecule has 0 aromatic rings. The highest BCUT2D eigenvalue weighted by molar-refractivity contribution is 5.86. The molecule has 0 aromatic heterocycles. The molecule has 0 bridgehead atoms. The maximum atomic E-state index is 12.5. The Morgan fingerprint density at radius 3 is 1.71 bits per heavy atom. The van der Waals surface area contributed by atoms with E-state index in [-0.39, 0.29) is 48.3 Å². The topological polar surface area (TPSA) is 46.6 Å². The largest absolute Gasteiger partial charge is 0.463 e. The Balaban J connectivity index is 4.98. The quantitative estimate of drug-likeness (QED) is 0.612. The molecule has 0 heterocycles. The molecule has 0 radical (unpaired) electrons. The molecule has 0 aliphatic carbocycles. The van der Waals surface area contributed by atoms with Crippen molar-refractivity contribution in [1.82, 2.24) is 4.90 Å². The van der Waals surface area contributed by atoms with Crippen LogP contribution in [0.15, 0.2) is 0 Å². The summed E-state index contributed by atoms with van der Waals surface area (Å²) in [6.07, 6.45) is 0.707. The van der Waals surface area contributed by atoms with Gasteiger partial charge in [-0.3, -0.25) is 14.5 Å². The summed E-state index contributed by atoms with van der Waals surface area (Å²) in [7, 11) is 0. The van der Waals surface area contributed by atoms with Gasteiger partial charge in [-0.2, -0.15) is 0 Å². The molecule has 124 valence electrons. The van der Waals surface area contributed by atoms with E-state index in [9.17, 15) is 9.59 Å². The molecule has 1 atom stereocenters. The van der Waals surface area contributed by atoms with Crippen molar-refractivity contribution in [2.24, 2.45) is 5.92 Å². The fraction of sp³-hybridized carbons (Fsp3) is 0.882. The molecule has 0 fully saturated rings. The number of carbonyl (C=O) groups excluding carboxylic acids is 2. The molecule has 0 N–H and O–H groups in total. The predicted octanol–water partition coefficient (Wildman–Crippen LogP) is 3.43. The standard InChI is InChI=1S/C17H33NO3/c1-11(2)17(20)15(18(12(3)4)13(5)6)9-10-16(19)21-14(7)8/h11-15H,9-10H2,1-8H3. The lowest BCUT2D eigenvalue weighted by Gasteiger charge is -2.38. The molecule has 0 aliphatic rings. The minimum Gasteiger partial charge on any atom is -0.463 e. The molecule has 0 aliphatic heterocycles. The first kappa shape index (κ1) is 20.1.